The maximum absolute atomic E-state index is 12.4. The largest absolute Gasteiger partial charge is 0.492 e. The van der Waals surface area contributed by atoms with Gasteiger partial charge in [0.25, 0.3) is 0 Å². The number of halogens is 4. The second-order valence-corrected chi connectivity index (χ2v) is 9.87. The van der Waals surface area contributed by atoms with Gasteiger partial charge in [-0.3, -0.25) is 4.79 Å². The van der Waals surface area contributed by atoms with Gasteiger partial charge in [-0.1, -0.05) is 115 Å². The van der Waals surface area contributed by atoms with E-state index in [0.29, 0.717) is 28.5 Å². The van der Waals surface area contributed by atoms with E-state index in [9.17, 15) is 4.79 Å². The minimum atomic E-state index is -0.0335. The fraction of sp³-hybridized carbons (Fsp3) is 0.480. The van der Waals surface area contributed by atoms with Gasteiger partial charge in [-0.25, -0.2) is 0 Å². The highest BCUT2D eigenvalue weighted by atomic mass is 79.9. The van der Waals surface area contributed by atoms with Gasteiger partial charge in [0.2, 0.25) is 0 Å². The van der Waals surface area contributed by atoms with Gasteiger partial charge >= 0.3 is 0 Å². The van der Waals surface area contributed by atoms with Crippen LogP contribution in [0, 0.1) is 0 Å². The second-order valence-electron chi connectivity index (χ2n) is 7.08. The highest BCUT2D eigenvalue weighted by molar-refractivity contribution is 9.09. The van der Waals surface area contributed by atoms with Crippen LogP contribution in [-0.4, -0.2) is 28.4 Å². The quantitative estimate of drug-likeness (QED) is 0.117. The van der Waals surface area contributed by atoms with Gasteiger partial charge < -0.3 is 4.74 Å². The molecule has 0 saturated heterocycles. The van der Waals surface area contributed by atoms with Crippen LogP contribution in [0.5, 0.6) is 5.75 Å². The maximum atomic E-state index is 12.4. The van der Waals surface area contributed by atoms with Gasteiger partial charge in [0, 0.05) is 27.1 Å². The van der Waals surface area contributed by atoms with E-state index in [1.165, 1.54) is 38.5 Å². The summed E-state index contributed by atoms with van der Waals surface area (Å²) in [6.45, 7) is 0.647. The zero-order valence-corrected chi connectivity index (χ0v) is 23.4. The molecule has 0 aliphatic carbocycles. The first-order valence-electron chi connectivity index (χ1n) is 10.8. The summed E-state index contributed by atoms with van der Waals surface area (Å²) in [7, 11) is 0. The van der Waals surface area contributed by atoms with Crippen LogP contribution >= 0.6 is 59.4 Å². The topological polar surface area (TPSA) is 26.3 Å². The van der Waals surface area contributed by atoms with Crippen LogP contribution in [0.1, 0.15) is 67.3 Å². The first-order chi connectivity index (χ1) is 15.1. The van der Waals surface area contributed by atoms with Gasteiger partial charge in [0.1, 0.15) is 5.75 Å². The predicted molar refractivity (Wildman–Crippen MR) is 145 cm³/mol. The summed E-state index contributed by atoms with van der Waals surface area (Å²) in [5, 5.41) is 3.86. The Labute approximate surface area is 217 Å². The minimum absolute atomic E-state index is 0.0335. The number of unbranched alkanes of at least 4 members (excludes halogenated alkanes) is 6. The number of carbonyl (C=O) groups is 1. The zero-order chi connectivity index (χ0) is 22.7. The summed E-state index contributed by atoms with van der Waals surface area (Å²) < 4.78 is 5.70. The summed E-state index contributed by atoms with van der Waals surface area (Å²) in [5.74, 6) is 0.602. The predicted octanol–water partition coefficient (Wildman–Crippen LogP) is 9.24. The molecule has 31 heavy (non-hydrogen) atoms. The van der Waals surface area contributed by atoms with Crippen molar-refractivity contribution in [3.63, 3.8) is 0 Å². The molecule has 0 heterocycles. The molecule has 0 spiro atoms. The molecular weight excluding hydrogens is 607 g/mol. The monoisotopic (exact) mass is 636 g/mol. The molecule has 0 aliphatic heterocycles. The molecule has 2 rings (SSSR count). The van der Waals surface area contributed by atoms with Crippen LogP contribution in [-0.2, 0) is 0 Å². The molecule has 0 aliphatic rings. The molecule has 0 bridgehead atoms. The summed E-state index contributed by atoms with van der Waals surface area (Å²) in [4.78, 5) is 12.4. The van der Waals surface area contributed by atoms with Crippen LogP contribution in [0.15, 0.2) is 48.5 Å². The SMILES string of the molecule is BrCCCCCCBr.O=C(c1ccccc1)c1ccc(OCCCCCCBr)c(Cl)c1. The lowest BCUT2D eigenvalue weighted by molar-refractivity contribution is 0.103. The first-order valence-corrected chi connectivity index (χ1v) is 14.6. The third-order valence-electron chi connectivity index (χ3n) is 4.53. The molecule has 0 unspecified atom stereocenters. The Morgan fingerprint density at radius 3 is 1.77 bits per heavy atom. The lowest BCUT2D eigenvalue weighted by atomic mass is 10.0. The Kier molecular flexibility index (Phi) is 17.7. The van der Waals surface area contributed by atoms with Gasteiger partial charge in [0.15, 0.2) is 5.78 Å². The maximum Gasteiger partial charge on any atom is 0.193 e. The van der Waals surface area contributed by atoms with Crippen molar-refractivity contribution in [2.75, 3.05) is 22.6 Å². The highest BCUT2D eigenvalue weighted by Crippen LogP contribution is 2.27. The van der Waals surface area contributed by atoms with E-state index in [1.54, 1.807) is 30.3 Å². The van der Waals surface area contributed by atoms with Gasteiger partial charge in [-0.2, -0.15) is 0 Å². The van der Waals surface area contributed by atoms with Crippen molar-refractivity contribution >= 4 is 65.2 Å². The third kappa shape index (κ3) is 13.1. The molecule has 0 aromatic heterocycles. The molecule has 0 fully saturated rings. The standard InChI is InChI=1S/C19H20BrClO2.C6H12Br2/c20-12-6-1-2-7-13-23-18-11-10-16(14-17(18)21)19(22)15-8-4-3-5-9-15;7-5-3-1-2-4-6-8/h3-5,8-11,14H,1-2,6-7,12-13H2;1-6H2. The molecule has 2 aromatic rings. The van der Waals surface area contributed by atoms with Crippen molar-refractivity contribution in [2.24, 2.45) is 0 Å². The van der Waals surface area contributed by atoms with Crippen LogP contribution in [0.25, 0.3) is 0 Å². The van der Waals surface area contributed by atoms with Crippen LogP contribution in [0.2, 0.25) is 5.02 Å². The highest BCUT2D eigenvalue weighted by Gasteiger charge is 2.11. The van der Waals surface area contributed by atoms with Gasteiger partial charge in [-0.15, -0.1) is 0 Å². The van der Waals surface area contributed by atoms with E-state index in [0.717, 1.165) is 28.8 Å². The number of alkyl halides is 3. The van der Waals surface area contributed by atoms with Crippen molar-refractivity contribution < 1.29 is 9.53 Å². The van der Waals surface area contributed by atoms with Crippen LogP contribution in [0.4, 0.5) is 0 Å². The summed E-state index contributed by atoms with van der Waals surface area (Å²) in [5.41, 5.74) is 1.23. The van der Waals surface area contributed by atoms with E-state index < -0.39 is 0 Å². The Balaban J connectivity index is 0.000000512. The number of carbonyl (C=O) groups excluding carboxylic acids is 1. The number of ketones is 1. The van der Waals surface area contributed by atoms with Crippen molar-refractivity contribution in [2.45, 2.75) is 51.4 Å². The van der Waals surface area contributed by atoms with Crippen LogP contribution in [0.3, 0.4) is 0 Å². The number of hydrogen-bond acceptors (Lipinski definition) is 2. The summed E-state index contributed by atoms with van der Waals surface area (Å²) in [6.07, 6.45) is 9.94. The fourth-order valence-electron chi connectivity index (χ4n) is 2.79. The number of hydrogen-bond donors (Lipinski definition) is 0. The fourth-order valence-corrected chi connectivity index (χ4v) is 4.21. The Bertz CT molecular complexity index is 720. The van der Waals surface area contributed by atoms with Crippen molar-refractivity contribution in [1.82, 2.24) is 0 Å². The normalized spacial score (nSPS) is 10.3. The van der Waals surface area contributed by atoms with Gasteiger partial charge in [0.05, 0.1) is 11.6 Å². The lowest BCUT2D eigenvalue weighted by Gasteiger charge is -2.09. The molecule has 6 heteroatoms. The molecule has 0 amide bonds. The second kappa shape index (κ2) is 19.1. The first kappa shape index (κ1) is 28.7. The molecule has 0 atom stereocenters. The average Bonchev–Trinajstić information content (AvgIpc) is 2.80. The third-order valence-corrected chi connectivity index (χ3v) is 6.51. The van der Waals surface area contributed by atoms with E-state index in [1.807, 2.05) is 18.2 Å². The molecule has 0 radical (unpaired) electrons. The number of benzene rings is 2. The Morgan fingerprint density at radius 2 is 1.26 bits per heavy atom. The lowest BCUT2D eigenvalue weighted by Crippen LogP contribution is -2.02. The Morgan fingerprint density at radius 1 is 0.710 bits per heavy atom. The summed E-state index contributed by atoms with van der Waals surface area (Å²) in [6, 6.07) is 14.4. The number of ether oxygens (including phenoxy) is 1. The van der Waals surface area contributed by atoms with E-state index >= 15 is 0 Å². The molecular formula is C25H32Br3ClO2. The number of rotatable bonds is 14. The van der Waals surface area contributed by atoms with E-state index in [4.69, 9.17) is 16.3 Å². The minimum Gasteiger partial charge on any atom is -0.492 e. The molecule has 172 valence electrons. The smallest absolute Gasteiger partial charge is 0.193 e. The van der Waals surface area contributed by atoms with Crippen LogP contribution < -0.4 is 4.74 Å². The molecule has 0 saturated carbocycles. The van der Waals surface area contributed by atoms with Gasteiger partial charge in [-0.05, 0) is 43.9 Å². The van der Waals surface area contributed by atoms with Crippen molar-refractivity contribution in [3.05, 3.63) is 64.7 Å². The average molecular weight is 640 g/mol. The van der Waals surface area contributed by atoms with Crippen molar-refractivity contribution in [1.29, 1.82) is 0 Å². The molecule has 2 aromatic carbocycles. The molecule has 2 nitrogen and oxygen atoms in total. The summed E-state index contributed by atoms with van der Waals surface area (Å²) >= 11 is 16.4. The van der Waals surface area contributed by atoms with E-state index in [2.05, 4.69) is 47.8 Å². The zero-order valence-electron chi connectivity index (χ0n) is 17.9. The molecule has 0 N–H and O–H groups in total. The Hall–Kier alpha value is -0.360. The van der Waals surface area contributed by atoms with Crippen molar-refractivity contribution in [3.8, 4) is 5.75 Å². The van der Waals surface area contributed by atoms with E-state index in [-0.39, 0.29) is 5.78 Å².